The van der Waals surface area contributed by atoms with Crippen LogP contribution in [0.4, 0.5) is 4.79 Å². The molecule has 1 aliphatic rings. The number of hydrogen-bond donors (Lipinski definition) is 1. The van der Waals surface area contributed by atoms with Gasteiger partial charge in [-0.05, 0) is 19.8 Å². The highest BCUT2D eigenvalue weighted by Crippen LogP contribution is 2.26. The lowest BCUT2D eigenvalue weighted by atomic mass is 9.88. The minimum Gasteiger partial charge on any atom is -0.466 e. The van der Waals surface area contributed by atoms with E-state index in [0.717, 1.165) is 0 Å². The summed E-state index contributed by atoms with van der Waals surface area (Å²) in [6, 6.07) is -0.0619. The maximum atomic E-state index is 11.7. The van der Waals surface area contributed by atoms with Crippen LogP contribution < -0.4 is 0 Å². The molecular formula is C12H22N2O4. The number of likely N-dealkylation sites (tertiary alicyclic amines) is 1. The Bertz CT molecular complexity index is 309. The van der Waals surface area contributed by atoms with Crippen molar-refractivity contribution in [3.05, 3.63) is 0 Å². The summed E-state index contributed by atoms with van der Waals surface area (Å²) in [6.07, 6.45) is 0.821. The molecule has 0 spiro atoms. The van der Waals surface area contributed by atoms with E-state index in [1.54, 1.807) is 25.9 Å². The van der Waals surface area contributed by atoms with Crippen LogP contribution >= 0.6 is 0 Å². The minimum atomic E-state index is -1.03. The van der Waals surface area contributed by atoms with Gasteiger partial charge in [0, 0.05) is 27.2 Å². The molecule has 18 heavy (non-hydrogen) atoms. The molecule has 1 rings (SSSR count). The van der Waals surface area contributed by atoms with Gasteiger partial charge in [0.1, 0.15) is 0 Å². The summed E-state index contributed by atoms with van der Waals surface area (Å²) in [5.74, 6) is -0.382. The summed E-state index contributed by atoms with van der Waals surface area (Å²) < 4.78 is 4.83. The Balaban J connectivity index is 2.46. The van der Waals surface area contributed by atoms with Crippen LogP contribution in [0.1, 0.15) is 26.2 Å². The molecule has 6 heteroatoms. The highest BCUT2D eigenvalue weighted by atomic mass is 16.5. The number of piperidine rings is 1. The smallest absolute Gasteiger partial charge is 0.319 e. The number of rotatable bonds is 3. The first kappa shape index (κ1) is 14.8. The molecule has 1 N–H and O–H groups in total. The van der Waals surface area contributed by atoms with Gasteiger partial charge in [0.25, 0.3) is 0 Å². The monoisotopic (exact) mass is 258 g/mol. The van der Waals surface area contributed by atoms with Gasteiger partial charge in [-0.25, -0.2) is 4.79 Å². The third-order valence-corrected chi connectivity index (χ3v) is 3.13. The first-order valence-corrected chi connectivity index (χ1v) is 6.22. The number of hydrogen-bond acceptors (Lipinski definition) is 4. The predicted molar refractivity (Wildman–Crippen MR) is 66.1 cm³/mol. The maximum absolute atomic E-state index is 11.7. The molecule has 1 aliphatic heterocycles. The molecule has 0 unspecified atom stereocenters. The lowest BCUT2D eigenvalue weighted by Gasteiger charge is -2.38. The van der Waals surface area contributed by atoms with E-state index in [-0.39, 0.29) is 18.4 Å². The fourth-order valence-corrected chi connectivity index (χ4v) is 2.05. The van der Waals surface area contributed by atoms with E-state index in [1.807, 2.05) is 0 Å². The lowest BCUT2D eigenvalue weighted by molar-refractivity contribution is -0.150. The van der Waals surface area contributed by atoms with Crippen LogP contribution in [0.3, 0.4) is 0 Å². The zero-order valence-electron chi connectivity index (χ0n) is 11.3. The summed E-state index contributed by atoms with van der Waals surface area (Å²) in [4.78, 5) is 26.3. The van der Waals surface area contributed by atoms with E-state index in [0.29, 0.717) is 32.5 Å². The second-order valence-corrected chi connectivity index (χ2v) is 4.87. The van der Waals surface area contributed by atoms with E-state index in [9.17, 15) is 14.7 Å². The highest BCUT2D eigenvalue weighted by Gasteiger charge is 2.36. The van der Waals surface area contributed by atoms with Crippen molar-refractivity contribution < 1.29 is 19.4 Å². The van der Waals surface area contributed by atoms with Crippen molar-refractivity contribution in [2.24, 2.45) is 0 Å². The summed E-state index contributed by atoms with van der Waals surface area (Å²) >= 11 is 0. The topological polar surface area (TPSA) is 70.1 Å². The van der Waals surface area contributed by atoms with Crippen molar-refractivity contribution in [1.29, 1.82) is 0 Å². The van der Waals surface area contributed by atoms with Crippen molar-refractivity contribution in [3.63, 3.8) is 0 Å². The number of esters is 1. The number of urea groups is 1. The average molecular weight is 258 g/mol. The van der Waals surface area contributed by atoms with Gasteiger partial charge in [0.15, 0.2) is 0 Å². The molecule has 0 atom stereocenters. The number of ether oxygens (including phenoxy) is 1. The van der Waals surface area contributed by atoms with E-state index >= 15 is 0 Å². The normalized spacial score (nSPS) is 18.3. The predicted octanol–water partition coefficient (Wildman–Crippen LogP) is 0.448. The van der Waals surface area contributed by atoms with Crippen LogP contribution in [-0.4, -0.2) is 66.3 Å². The molecular weight excluding hydrogens is 236 g/mol. The van der Waals surface area contributed by atoms with Gasteiger partial charge in [0.2, 0.25) is 0 Å². The van der Waals surface area contributed by atoms with Gasteiger partial charge in [0.05, 0.1) is 18.6 Å². The number of amides is 2. The van der Waals surface area contributed by atoms with Crippen molar-refractivity contribution in [2.45, 2.75) is 31.8 Å². The van der Waals surface area contributed by atoms with Crippen LogP contribution in [0.5, 0.6) is 0 Å². The number of nitrogens with zero attached hydrogens (tertiary/aromatic N) is 2. The summed E-state index contributed by atoms with van der Waals surface area (Å²) in [5.41, 5.74) is -1.03. The van der Waals surface area contributed by atoms with Crippen molar-refractivity contribution >= 4 is 12.0 Å². The van der Waals surface area contributed by atoms with Gasteiger partial charge in [-0.2, -0.15) is 0 Å². The molecule has 2 amide bonds. The van der Waals surface area contributed by atoms with Crippen LogP contribution in [0, 0.1) is 0 Å². The summed E-state index contributed by atoms with van der Waals surface area (Å²) in [5, 5.41) is 10.3. The second kappa shape index (κ2) is 6.04. The van der Waals surface area contributed by atoms with Crippen LogP contribution in [-0.2, 0) is 9.53 Å². The summed E-state index contributed by atoms with van der Waals surface area (Å²) in [6.45, 7) is 2.99. The molecule has 6 nitrogen and oxygen atoms in total. The largest absolute Gasteiger partial charge is 0.466 e. The number of carbonyl (C=O) groups is 2. The molecule has 0 aromatic rings. The average Bonchev–Trinajstić information content (AvgIpc) is 2.28. The Hall–Kier alpha value is -1.30. The van der Waals surface area contributed by atoms with Crippen LogP contribution in [0.15, 0.2) is 0 Å². The molecule has 1 fully saturated rings. The Morgan fingerprint density at radius 3 is 2.33 bits per heavy atom. The van der Waals surface area contributed by atoms with Gasteiger partial charge < -0.3 is 19.6 Å². The third kappa shape index (κ3) is 3.87. The van der Waals surface area contributed by atoms with Gasteiger partial charge in [-0.15, -0.1) is 0 Å². The third-order valence-electron chi connectivity index (χ3n) is 3.13. The first-order chi connectivity index (χ1) is 8.38. The molecule has 0 aromatic heterocycles. The number of aliphatic hydroxyl groups is 1. The Kier molecular flexibility index (Phi) is 4.95. The van der Waals surface area contributed by atoms with Crippen LogP contribution in [0.2, 0.25) is 0 Å². The summed E-state index contributed by atoms with van der Waals surface area (Å²) in [7, 11) is 3.39. The molecule has 0 radical (unpaired) electrons. The van der Waals surface area contributed by atoms with Crippen molar-refractivity contribution in [2.75, 3.05) is 33.8 Å². The van der Waals surface area contributed by atoms with E-state index in [2.05, 4.69) is 0 Å². The fourth-order valence-electron chi connectivity index (χ4n) is 2.05. The Morgan fingerprint density at radius 1 is 1.33 bits per heavy atom. The second-order valence-electron chi connectivity index (χ2n) is 4.87. The molecule has 104 valence electrons. The highest BCUT2D eigenvalue weighted by molar-refractivity contribution is 5.74. The molecule has 0 bridgehead atoms. The maximum Gasteiger partial charge on any atom is 0.319 e. The molecule has 0 aromatic carbocycles. The number of carbonyl (C=O) groups excluding carboxylic acids is 2. The van der Waals surface area contributed by atoms with Gasteiger partial charge in [-0.3, -0.25) is 4.79 Å². The molecule has 0 saturated carbocycles. The van der Waals surface area contributed by atoms with E-state index < -0.39 is 5.60 Å². The van der Waals surface area contributed by atoms with Crippen molar-refractivity contribution in [3.8, 4) is 0 Å². The SMILES string of the molecule is CCOC(=O)CC1(O)CCN(C(=O)N(C)C)CC1. The minimum absolute atomic E-state index is 0.00480. The van der Waals surface area contributed by atoms with Gasteiger partial charge in [-0.1, -0.05) is 0 Å². The Labute approximate surface area is 107 Å². The lowest BCUT2D eigenvalue weighted by Crippen LogP contribution is -2.50. The Morgan fingerprint density at radius 2 is 1.89 bits per heavy atom. The standard InChI is InChI=1S/C12H22N2O4/c1-4-18-10(15)9-12(17)5-7-14(8-6-12)11(16)13(2)3/h17H,4-9H2,1-3H3. The molecule has 1 saturated heterocycles. The fraction of sp³-hybridized carbons (Fsp3) is 0.833. The van der Waals surface area contributed by atoms with Crippen molar-refractivity contribution in [1.82, 2.24) is 9.80 Å². The molecule has 1 heterocycles. The van der Waals surface area contributed by atoms with E-state index in [4.69, 9.17) is 4.74 Å². The van der Waals surface area contributed by atoms with Gasteiger partial charge >= 0.3 is 12.0 Å². The van der Waals surface area contributed by atoms with Crippen LogP contribution in [0.25, 0.3) is 0 Å². The zero-order chi connectivity index (χ0) is 13.8. The molecule has 0 aliphatic carbocycles. The first-order valence-electron chi connectivity index (χ1n) is 6.22. The van der Waals surface area contributed by atoms with E-state index in [1.165, 1.54) is 4.90 Å². The zero-order valence-corrected chi connectivity index (χ0v) is 11.3. The quantitative estimate of drug-likeness (QED) is 0.746.